The third-order valence-corrected chi connectivity index (χ3v) is 3.84. The molecular formula is C17H16N2O3. The molecule has 0 saturated heterocycles. The number of hydrogen-bond donors (Lipinski definition) is 2. The van der Waals surface area contributed by atoms with Crippen molar-refractivity contribution in [2.45, 2.75) is 19.0 Å². The summed E-state index contributed by atoms with van der Waals surface area (Å²) >= 11 is 0. The van der Waals surface area contributed by atoms with Crippen molar-refractivity contribution in [2.75, 3.05) is 5.32 Å². The van der Waals surface area contributed by atoms with Crippen LogP contribution in [-0.2, 0) is 17.8 Å². The third-order valence-electron chi connectivity index (χ3n) is 3.84. The minimum Gasteiger partial charge on any atom is -0.465 e. The van der Waals surface area contributed by atoms with E-state index in [9.17, 15) is 14.7 Å². The van der Waals surface area contributed by atoms with Gasteiger partial charge in [-0.1, -0.05) is 42.5 Å². The van der Waals surface area contributed by atoms with Crippen LogP contribution in [0, 0.1) is 0 Å². The minimum atomic E-state index is -1.08. The molecule has 1 aliphatic rings. The van der Waals surface area contributed by atoms with Crippen LogP contribution in [0.3, 0.4) is 0 Å². The first-order valence-corrected chi connectivity index (χ1v) is 7.07. The zero-order chi connectivity index (χ0) is 15.5. The normalized spacial score (nSPS) is 16.7. The highest BCUT2D eigenvalue weighted by molar-refractivity contribution is 5.96. The molecule has 5 heteroatoms. The largest absolute Gasteiger partial charge is 0.465 e. The predicted molar refractivity (Wildman–Crippen MR) is 82.6 cm³/mol. The molecule has 2 amide bonds. The molecule has 0 aromatic heterocycles. The monoisotopic (exact) mass is 296 g/mol. The maximum atomic E-state index is 12.5. The summed E-state index contributed by atoms with van der Waals surface area (Å²) in [4.78, 5) is 25.1. The maximum Gasteiger partial charge on any atom is 0.408 e. The predicted octanol–water partition coefficient (Wildman–Crippen LogP) is 2.73. The molecule has 0 fully saturated rings. The van der Waals surface area contributed by atoms with Crippen LogP contribution >= 0.6 is 0 Å². The number of nitrogens with one attached hydrogen (secondary N) is 1. The zero-order valence-corrected chi connectivity index (χ0v) is 11.9. The number of carbonyl (C=O) groups is 2. The number of para-hydroxylation sites is 1. The van der Waals surface area contributed by atoms with Crippen LogP contribution in [0.2, 0.25) is 0 Å². The second kappa shape index (κ2) is 5.89. The molecule has 0 saturated carbocycles. The smallest absolute Gasteiger partial charge is 0.408 e. The Morgan fingerprint density at radius 2 is 1.64 bits per heavy atom. The van der Waals surface area contributed by atoms with E-state index in [1.165, 1.54) is 4.90 Å². The van der Waals surface area contributed by atoms with Gasteiger partial charge in [0.2, 0.25) is 5.91 Å². The van der Waals surface area contributed by atoms with E-state index in [1.807, 2.05) is 42.5 Å². The number of nitrogens with zero attached hydrogens (tertiary/aromatic N) is 1. The number of fused-ring (bicyclic) bond motifs is 1. The van der Waals surface area contributed by atoms with Crippen molar-refractivity contribution >= 4 is 17.7 Å². The van der Waals surface area contributed by atoms with E-state index >= 15 is 0 Å². The first-order chi connectivity index (χ1) is 10.6. The summed E-state index contributed by atoms with van der Waals surface area (Å²) in [6.07, 6.45) is -0.691. The van der Waals surface area contributed by atoms with E-state index in [4.69, 9.17) is 0 Å². The Bertz CT molecular complexity index is 700. The topological polar surface area (TPSA) is 69.6 Å². The van der Waals surface area contributed by atoms with Crippen LogP contribution < -0.4 is 5.32 Å². The van der Waals surface area contributed by atoms with E-state index in [2.05, 4.69) is 5.32 Å². The number of benzene rings is 2. The molecule has 22 heavy (non-hydrogen) atoms. The lowest BCUT2D eigenvalue weighted by molar-refractivity contribution is -0.121. The molecule has 0 aliphatic carbocycles. The average molecular weight is 296 g/mol. The van der Waals surface area contributed by atoms with Crippen molar-refractivity contribution < 1.29 is 14.7 Å². The fraction of sp³-hybridized carbons (Fsp3) is 0.176. The summed E-state index contributed by atoms with van der Waals surface area (Å²) in [6, 6.07) is 16.0. The molecule has 0 spiro atoms. The van der Waals surface area contributed by atoms with Crippen molar-refractivity contribution in [3.8, 4) is 0 Å². The molecule has 1 atom stereocenters. The SMILES string of the molecule is O=C(Nc1ccccc1)C1Cc2ccccc2CN1C(=O)O. The number of rotatable bonds is 2. The Labute approximate surface area is 128 Å². The van der Waals surface area contributed by atoms with Gasteiger partial charge in [-0.2, -0.15) is 0 Å². The number of anilines is 1. The molecule has 1 heterocycles. The quantitative estimate of drug-likeness (QED) is 0.895. The summed E-state index contributed by atoms with van der Waals surface area (Å²) < 4.78 is 0. The zero-order valence-electron chi connectivity index (χ0n) is 11.9. The molecule has 112 valence electrons. The Hall–Kier alpha value is -2.82. The fourth-order valence-electron chi connectivity index (χ4n) is 2.71. The Morgan fingerprint density at radius 1 is 1.00 bits per heavy atom. The Balaban J connectivity index is 1.84. The van der Waals surface area contributed by atoms with Crippen LogP contribution in [-0.4, -0.2) is 28.0 Å². The molecule has 1 aliphatic heterocycles. The third kappa shape index (κ3) is 2.79. The highest BCUT2D eigenvalue weighted by Gasteiger charge is 2.34. The van der Waals surface area contributed by atoms with Gasteiger partial charge in [0, 0.05) is 12.1 Å². The van der Waals surface area contributed by atoms with Crippen LogP contribution in [0.4, 0.5) is 10.5 Å². The Kier molecular flexibility index (Phi) is 3.78. The second-order valence-corrected chi connectivity index (χ2v) is 5.25. The molecule has 2 aromatic rings. The lowest BCUT2D eigenvalue weighted by Gasteiger charge is -2.33. The maximum absolute atomic E-state index is 12.5. The molecule has 5 nitrogen and oxygen atoms in total. The van der Waals surface area contributed by atoms with Crippen LogP contribution in [0.25, 0.3) is 0 Å². The molecule has 0 bridgehead atoms. The van der Waals surface area contributed by atoms with Gasteiger partial charge in [0.1, 0.15) is 6.04 Å². The number of carboxylic acid groups (broad SMARTS) is 1. The molecule has 2 aromatic carbocycles. The highest BCUT2D eigenvalue weighted by Crippen LogP contribution is 2.24. The van der Waals surface area contributed by atoms with Gasteiger partial charge < -0.3 is 10.4 Å². The van der Waals surface area contributed by atoms with Gasteiger partial charge >= 0.3 is 6.09 Å². The molecule has 1 unspecified atom stereocenters. The standard InChI is InChI=1S/C17H16N2O3/c20-16(18-14-8-2-1-3-9-14)15-10-12-6-4-5-7-13(12)11-19(15)17(21)22/h1-9,15H,10-11H2,(H,18,20)(H,21,22). The summed E-state index contributed by atoms with van der Waals surface area (Å²) in [5, 5.41) is 12.2. The van der Waals surface area contributed by atoms with Crippen molar-refractivity contribution in [1.82, 2.24) is 4.90 Å². The number of amides is 2. The van der Waals surface area contributed by atoms with E-state index in [0.717, 1.165) is 11.1 Å². The first-order valence-electron chi connectivity index (χ1n) is 7.07. The number of hydrogen-bond acceptors (Lipinski definition) is 2. The van der Waals surface area contributed by atoms with Crippen LogP contribution in [0.1, 0.15) is 11.1 Å². The van der Waals surface area contributed by atoms with Crippen LogP contribution in [0.5, 0.6) is 0 Å². The van der Waals surface area contributed by atoms with E-state index in [-0.39, 0.29) is 12.5 Å². The lowest BCUT2D eigenvalue weighted by Crippen LogP contribution is -2.50. The summed E-state index contributed by atoms with van der Waals surface area (Å²) in [7, 11) is 0. The van der Waals surface area contributed by atoms with E-state index in [1.54, 1.807) is 12.1 Å². The molecule has 0 radical (unpaired) electrons. The van der Waals surface area contributed by atoms with Crippen molar-refractivity contribution in [3.05, 3.63) is 65.7 Å². The molecular weight excluding hydrogens is 280 g/mol. The van der Waals surface area contributed by atoms with Crippen molar-refractivity contribution in [2.24, 2.45) is 0 Å². The van der Waals surface area contributed by atoms with Gasteiger partial charge in [-0.15, -0.1) is 0 Å². The highest BCUT2D eigenvalue weighted by atomic mass is 16.4. The van der Waals surface area contributed by atoms with E-state index < -0.39 is 12.1 Å². The first kappa shape index (κ1) is 14.1. The Morgan fingerprint density at radius 3 is 2.32 bits per heavy atom. The van der Waals surface area contributed by atoms with Crippen molar-refractivity contribution in [1.29, 1.82) is 0 Å². The van der Waals surface area contributed by atoms with Gasteiger partial charge in [0.15, 0.2) is 0 Å². The van der Waals surface area contributed by atoms with Crippen molar-refractivity contribution in [3.63, 3.8) is 0 Å². The summed E-state index contributed by atoms with van der Waals surface area (Å²) in [5.41, 5.74) is 2.64. The van der Waals surface area contributed by atoms with Crippen LogP contribution in [0.15, 0.2) is 54.6 Å². The summed E-state index contributed by atoms with van der Waals surface area (Å²) in [5.74, 6) is -0.303. The minimum absolute atomic E-state index is 0.235. The van der Waals surface area contributed by atoms with Gasteiger partial charge in [-0.3, -0.25) is 9.69 Å². The van der Waals surface area contributed by atoms with Gasteiger partial charge in [0.05, 0.1) is 6.54 Å². The molecule has 3 rings (SSSR count). The van der Waals surface area contributed by atoms with Gasteiger partial charge in [-0.05, 0) is 23.3 Å². The molecule has 2 N–H and O–H groups in total. The fourth-order valence-corrected chi connectivity index (χ4v) is 2.71. The van der Waals surface area contributed by atoms with Gasteiger partial charge in [0.25, 0.3) is 0 Å². The second-order valence-electron chi connectivity index (χ2n) is 5.25. The van der Waals surface area contributed by atoms with E-state index in [0.29, 0.717) is 12.1 Å². The van der Waals surface area contributed by atoms with Gasteiger partial charge in [-0.25, -0.2) is 4.79 Å². The number of carbonyl (C=O) groups excluding carboxylic acids is 1. The summed E-state index contributed by atoms with van der Waals surface area (Å²) in [6.45, 7) is 0.235. The lowest BCUT2D eigenvalue weighted by atomic mass is 9.94. The average Bonchev–Trinajstić information content (AvgIpc) is 2.54.